The molecular formula is C7H12N2S. The molecule has 2 nitrogen and oxygen atoms in total. The van der Waals surface area contributed by atoms with Gasteiger partial charge < -0.3 is 5.73 Å². The Morgan fingerprint density at radius 3 is 3.00 bits per heavy atom. The lowest BCUT2D eigenvalue weighted by Gasteiger charge is -1.87. The molecule has 0 saturated heterocycles. The summed E-state index contributed by atoms with van der Waals surface area (Å²) < 4.78 is 0. The number of thiazole rings is 1. The summed E-state index contributed by atoms with van der Waals surface area (Å²) in [6, 6.07) is 0. The standard InChI is InChI=1S/C7H12N2S/c1-2-7-9-6(3-4-8)5-10-7/h5H,2-4,8H2,1H3. The van der Waals surface area contributed by atoms with Crippen LogP contribution in [0.1, 0.15) is 17.6 Å². The van der Waals surface area contributed by atoms with Gasteiger partial charge in [-0.15, -0.1) is 11.3 Å². The van der Waals surface area contributed by atoms with Crippen molar-refractivity contribution < 1.29 is 0 Å². The maximum atomic E-state index is 5.38. The van der Waals surface area contributed by atoms with E-state index in [1.165, 1.54) is 5.01 Å². The average molecular weight is 156 g/mol. The van der Waals surface area contributed by atoms with Crippen LogP contribution in [0.2, 0.25) is 0 Å². The highest BCUT2D eigenvalue weighted by atomic mass is 32.1. The first kappa shape index (κ1) is 7.69. The molecule has 0 amide bonds. The highest BCUT2D eigenvalue weighted by Crippen LogP contribution is 2.09. The topological polar surface area (TPSA) is 38.9 Å². The third-order valence-electron chi connectivity index (χ3n) is 1.30. The Balaban J connectivity index is 2.59. The molecule has 56 valence electrons. The van der Waals surface area contributed by atoms with Gasteiger partial charge in [0.25, 0.3) is 0 Å². The van der Waals surface area contributed by atoms with Crippen LogP contribution in [0.4, 0.5) is 0 Å². The lowest BCUT2D eigenvalue weighted by molar-refractivity contribution is 0.918. The van der Waals surface area contributed by atoms with E-state index in [0.717, 1.165) is 18.5 Å². The molecule has 1 aromatic rings. The van der Waals surface area contributed by atoms with E-state index >= 15 is 0 Å². The molecule has 2 N–H and O–H groups in total. The molecule has 0 aliphatic heterocycles. The summed E-state index contributed by atoms with van der Waals surface area (Å²) >= 11 is 1.72. The first-order chi connectivity index (χ1) is 4.86. The van der Waals surface area contributed by atoms with Crippen molar-refractivity contribution in [3.8, 4) is 0 Å². The second-order valence-electron chi connectivity index (χ2n) is 2.12. The molecule has 0 bridgehead atoms. The van der Waals surface area contributed by atoms with Gasteiger partial charge in [0.1, 0.15) is 0 Å². The minimum Gasteiger partial charge on any atom is -0.330 e. The van der Waals surface area contributed by atoms with E-state index in [1.807, 2.05) is 0 Å². The van der Waals surface area contributed by atoms with Gasteiger partial charge in [-0.3, -0.25) is 0 Å². The molecule has 0 fully saturated rings. The van der Waals surface area contributed by atoms with Crippen molar-refractivity contribution in [3.63, 3.8) is 0 Å². The Morgan fingerprint density at radius 2 is 2.50 bits per heavy atom. The van der Waals surface area contributed by atoms with Crippen molar-refractivity contribution in [1.82, 2.24) is 4.98 Å². The van der Waals surface area contributed by atoms with Crippen LogP contribution in [0.15, 0.2) is 5.38 Å². The Kier molecular flexibility index (Phi) is 2.83. The predicted molar refractivity (Wildman–Crippen MR) is 44.3 cm³/mol. The molecule has 0 aromatic carbocycles. The molecule has 1 rings (SSSR count). The monoisotopic (exact) mass is 156 g/mol. The van der Waals surface area contributed by atoms with Gasteiger partial charge in [0.15, 0.2) is 0 Å². The van der Waals surface area contributed by atoms with E-state index in [9.17, 15) is 0 Å². The summed E-state index contributed by atoms with van der Waals surface area (Å²) in [5.41, 5.74) is 6.52. The predicted octanol–water partition coefficient (Wildman–Crippen LogP) is 1.21. The van der Waals surface area contributed by atoms with Crippen molar-refractivity contribution in [2.24, 2.45) is 5.73 Å². The van der Waals surface area contributed by atoms with Crippen LogP contribution < -0.4 is 5.73 Å². The summed E-state index contributed by atoms with van der Waals surface area (Å²) in [5.74, 6) is 0. The summed E-state index contributed by atoms with van der Waals surface area (Å²) in [6.45, 7) is 2.82. The van der Waals surface area contributed by atoms with Gasteiger partial charge in [-0.2, -0.15) is 0 Å². The van der Waals surface area contributed by atoms with Crippen LogP contribution in [-0.4, -0.2) is 11.5 Å². The maximum Gasteiger partial charge on any atom is 0.0925 e. The smallest absolute Gasteiger partial charge is 0.0925 e. The van der Waals surface area contributed by atoms with Gasteiger partial charge in [-0.25, -0.2) is 4.98 Å². The highest BCUT2D eigenvalue weighted by molar-refractivity contribution is 7.09. The van der Waals surface area contributed by atoms with E-state index in [-0.39, 0.29) is 0 Å². The lowest BCUT2D eigenvalue weighted by Crippen LogP contribution is -2.02. The zero-order valence-electron chi connectivity index (χ0n) is 6.13. The van der Waals surface area contributed by atoms with Crippen molar-refractivity contribution in [2.45, 2.75) is 19.8 Å². The van der Waals surface area contributed by atoms with Gasteiger partial charge in [0, 0.05) is 11.8 Å². The normalized spacial score (nSPS) is 10.2. The Hall–Kier alpha value is -0.410. The molecule has 3 heteroatoms. The summed E-state index contributed by atoms with van der Waals surface area (Å²) in [5, 5.41) is 3.30. The van der Waals surface area contributed by atoms with Crippen molar-refractivity contribution in [1.29, 1.82) is 0 Å². The number of nitrogens with zero attached hydrogens (tertiary/aromatic N) is 1. The van der Waals surface area contributed by atoms with Crippen molar-refractivity contribution >= 4 is 11.3 Å². The largest absolute Gasteiger partial charge is 0.330 e. The van der Waals surface area contributed by atoms with Crippen LogP contribution in [0.5, 0.6) is 0 Å². The minimum atomic E-state index is 0.701. The zero-order valence-corrected chi connectivity index (χ0v) is 6.95. The number of nitrogens with two attached hydrogens (primary N) is 1. The number of hydrogen-bond donors (Lipinski definition) is 1. The van der Waals surface area contributed by atoms with Crippen LogP contribution in [-0.2, 0) is 12.8 Å². The van der Waals surface area contributed by atoms with Gasteiger partial charge in [0.05, 0.1) is 10.7 Å². The quantitative estimate of drug-likeness (QED) is 0.714. The number of hydrogen-bond acceptors (Lipinski definition) is 3. The summed E-state index contributed by atoms with van der Waals surface area (Å²) in [4.78, 5) is 4.36. The molecule has 0 radical (unpaired) electrons. The zero-order chi connectivity index (χ0) is 7.40. The fourth-order valence-corrected chi connectivity index (χ4v) is 1.55. The molecule has 1 heterocycles. The number of aryl methyl sites for hydroxylation is 1. The molecule has 0 atom stereocenters. The SMILES string of the molecule is CCc1nc(CCN)cs1. The third kappa shape index (κ3) is 1.78. The van der Waals surface area contributed by atoms with Gasteiger partial charge in [-0.05, 0) is 13.0 Å². The van der Waals surface area contributed by atoms with E-state index in [1.54, 1.807) is 11.3 Å². The Morgan fingerprint density at radius 1 is 1.70 bits per heavy atom. The second-order valence-corrected chi connectivity index (χ2v) is 3.07. The molecule has 0 unspecified atom stereocenters. The summed E-state index contributed by atoms with van der Waals surface area (Å²) in [7, 11) is 0. The summed E-state index contributed by atoms with van der Waals surface area (Å²) in [6.07, 6.45) is 1.95. The van der Waals surface area contributed by atoms with E-state index in [4.69, 9.17) is 5.73 Å². The second kappa shape index (κ2) is 3.68. The molecule has 1 aromatic heterocycles. The first-order valence-corrected chi connectivity index (χ1v) is 4.38. The molecule has 0 spiro atoms. The van der Waals surface area contributed by atoms with Crippen LogP contribution in [0, 0.1) is 0 Å². The first-order valence-electron chi connectivity index (χ1n) is 3.50. The third-order valence-corrected chi connectivity index (χ3v) is 2.34. The van der Waals surface area contributed by atoms with E-state index in [2.05, 4.69) is 17.3 Å². The molecular weight excluding hydrogens is 144 g/mol. The fourth-order valence-electron chi connectivity index (χ4n) is 0.774. The molecule has 0 aliphatic rings. The number of rotatable bonds is 3. The van der Waals surface area contributed by atoms with Gasteiger partial charge in [0.2, 0.25) is 0 Å². The fraction of sp³-hybridized carbons (Fsp3) is 0.571. The van der Waals surface area contributed by atoms with Gasteiger partial charge in [-0.1, -0.05) is 6.92 Å². The molecule has 0 aliphatic carbocycles. The molecule has 0 saturated carbocycles. The average Bonchev–Trinajstić information content (AvgIpc) is 2.37. The number of aromatic nitrogens is 1. The van der Waals surface area contributed by atoms with E-state index < -0.39 is 0 Å². The van der Waals surface area contributed by atoms with E-state index in [0.29, 0.717) is 6.54 Å². The van der Waals surface area contributed by atoms with Crippen molar-refractivity contribution in [3.05, 3.63) is 16.1 Å². The molecule has 10 heavy (non-hydrogen) atoms. The lowest BCUT2D eigenvalue weighted by atomic mass is 10.3. The Labute approximate surface area is 65.1 Å². The minimum absolute atomic E-state index is 0.701. The van der Waals surface area contributed by atoms with Crippen LogP contribution in [0.3, 0.4) is 0 Å². The maximum absolute atomic E-state index is 5.38. The van der Waals surface area contributed by atoms with Crippen LogP contribution >= 0.6 is 11.3 Å². The highest BCUT2D eigenvalue weighted by Gasteiger charge is 1.97. The van der Waals surface area contributed by atoms with Gasteiger partial charge >= 0.3 is 0 Å². The Bertz CT molecular complexity index is 195. The van der Waals surface area contributed by atoms with Crippen LogP contribution in [0.25, 0.3) is 0 Å². The van der Waals surface area contributed by atoms with Crippen molar-refractivity contribution in [2.75, 3.05) is 6.54 Å².